The van der Waals surface area contributed by atoms with E-state index in [0.29, 0.717) is 19.1 Å². The Balaban J connectivity index is 1.78. The number of nitrogens with one attached hydrogen (secondary N) is 2. The van der Waals surface area contributed by atoms with Gasteiger partial charge in [0.1, 0.15) is 5.75 Å². The third kappa shape index (κ3) is 5.18. The van der Waals surface area contributed by atoms with Crippen molar-refractivity contribution in [3.05, 3.63) is 29.8 Å². The first-order valence-corrected chi connectivity index (χ1v) is 8.08. The fourth-order valence-electron chi connectivity index (χ4n) is 1.73. The van der Waals surface area contributed by atoms with E-state index in [9.17, 15) is 8.42 Å². The Labute approximate surface area is 114 Å². The van der Waals surface area contributed by atoms with Gasteiger partial charge in [-0.05, 0) is 30.5 Å². The predicted molar refractivity (Wildman–Crippen MR) is 74.6 cm³/mol. The van der Waals surface area contributed by atoms with E-state index in [-0.39, 0.29) is 5.75 Å². The molecule has 5 nitrogen and oxygen atoms in total. The van der Waals surface area contributed by atoms with Crippen LogP contribution in [0.3, 0.4) is 0 Å². The van der Waals surface area contributed by atoms with E-state index in [1.807, 2.05) is 24.3 Å². The first kappa shape index (κ1) is 14.3. The molecule has 0 spiro atoms. The molecule has 106 valence electrons. The molecule has 0 heterocycles. The molecule has 0 bridgehead atoms. The Morgan fingerprint density at radius 1 is 1.37 bits per heavy atom. The molecule has 0 saturated heterocycles. The van der Waals surface area contributed by atoms with Gasteiger partial charge in [-0.25, -0.2) is 13.1 Å². The quantitative estimate of drug-likeness (QED) is 0.743. The fraction of sp³-hybridized carbons (Fsp3) is 0.538. The zero-order chi connectivity index (χ0) is 13.7. The topological polar surface area (TPSA) is 67.4 Å². The molecule has 1 fully saturated rings. The molecule has 0 aromatic heterocycles. The van der Waals surface area contributed by atoms with Gasteiger partial charge < -0.3 is 10.1 Å². The highest BCUT2D eigenvalue weighted by atomic mass is 32.2. The van der Waals surface area contributed by atoms with Crippen LogP contribution in [0.1, 0.15) is 18.4 Å². The van der Waals surface area contributed by atoms with Gasteiger partial charge in [0.2, 0.25) is 10.0 Å². The molecule has 1 saturated carbocycles. The van der Waals surface area contributed by atoms with Crippen LogP contribution in [0.2, 0.25) is 0 Å². The molecule has 19 heavy (non-hydrogen) atoms. The molecule has 1 aromatic rings. The number of hydrogen-bond acceptors (Lipinski definition) is 4. The maximum absolute atomic E-state index is 11.8. The molecule has 1 aromatic carbocycles. The van der Waals surface area contributed by atoms with E-state index in [4.69, 9.17) is 4.74 Å². The molecule has 6 heteroatoms. The molecular formula is C13H20N2O3S. The summed E-state index contributed by atoms with van der Waals surface area (Å²) in [4.78, 5) is 0. The Kier molecular flexibility index (Phi) is 4.79. The summed E-state index contributed by atoms with van der Waals surface area (Å²) in [5.41, 5.74) is 0.887. The lowest BCUT2D eigenvalue weighted by atomic mass is 10.2. The Bertz CT molecular complexity index is 512. The van der Waals surface area contributed by atoms with Gasteiger partial charge in [0.15, 0.2) is 0 Å². The third-order valence-electron chi connectivity index (χ3n) is 3.01. The van der Waals surface area contributed by atoms with E-state index < -0.39 is 10.0 Å². The second-order valence-corrected chi connectivity index (χ2v) is 6.65. The Morgan fingerprint density at radius 3 is 2.84 bits per heavy atom. The molecule has 1 aliphatic carbocycles. The summed E-state index contributed by atoms with van der Waals surface area (Å²) < 4.78 is 31.3. The monoisotopic (exact) mass is 284 g/mol. The van der Waals surface area contributed by atoms with Gasteiger partial charge in [0.25, 0.3) is 0 Å². The first-order chi connectivity index (χ1) is 9.09. The fourth-order valence-corrected chi connectivity index (χ4v) is 2.65. The lowest BCUT2D eigenvalue weighted by Gasteiger charge is -2.08. The maximum Gasteiger partial charge on any atom is 0.213 e. The molecule has 2 rings (SSSR count). The smallest absolute Gasteiger partial charge is 0.213 e. The van der Waals surface area contributed by atoms with Crippen LogP contribution in [0.5, 0.6) is 5.75 Å². The number of rotatable bonds is 8. The second-order valence-electron chi connectivity index (χ2n) is 4.72. The third-order valence-corrected chi connectivity index (χ3v) is 4.34. The van der Waals surface area contributed by atoms with Crippen molar-refractivity contribution in [2.45, 2.75) is 25.4 Å². The lowest BCUT2D eigenvalue weighted by molar-refractivity contribution is 0.414. The Morgan fingerprint density at radius 2 is 2.16 bits per heavy atom. The number of hydrogen-bond donors (Lipinski definition) is 2. The van der Waals surface area contributed by atoms with Crippen LogP contribution < -0.4 is 14.8 Å². The highest BCUT2D eigenvalue weighted by molar-refractivity contribution is 7.89. The summed E-state index contributed by atoms with van der Waals surface area (Å²) in [5.74, 6) is 0.847. The number of methoxy groups -OCH3 is 1. The van der Waals surface area contributed by atoms with Gasteiger partial charge in [-0.3, -0.25) is 0 Å². The molecule has 0 atom stereocenters. The standard InChI is InChI=1S/C13H20N2O3S/c1-18-13-4-2-3-11(9-13)10-15-19(16,17)8-7-14-12-5-6-12/h2-4,9,12,14-15H,5-8,10H2,1H3. The normalized spacial score (nSPS) is 15.4. The number of ether oxygens (including phenoxy) is 1. The van der Waals surface area contributed by atoms with E-state index in [0.717, 1.165) is 24.2 Å². The van der Waals surface area contributed by atoms with Crippen molar-refractivity contribution in [1.29, 1.82) is 0 Å². The average Bonchev–Trinajstić information content (AvgIpc) is 3.21. The van der Waals surface area contributed by atoms with Gasteiger partial charge in [0, 0.05) is 19.1 Å². The zero-order valence-electron chi connectivity index (χ0n) is 11.1. The van der Waals surface area contributed by atoms with Crippen LogP contribution in [-0.2, 0) is 16.6 Å². The van der Waals surface area contributed by atoms with Crippen LogP contribution in [0, 0.1) is 0 Å². The molecule has 1 aliphatic rings. The summed E-state index contributed by atoms with van der Waals surface area (Å²) in [6.45, 7) is 0.807. The first-order valence-electron chi connectivity index (χ1n) is 6.43. The van der Waals surface area contributed by atoms with Gasteiger partial charge in [-0.2, -0.15) is 0 Å². The van der Waals surface area contributed by atoms with Crippen LogP contribution in [0.15, 0.2) is 24.3 Å². The van der Waals surface area contributed by atoms with Gasteiger partial charge in [-0.1, -0.05) is 12.1 Å². The highest BCUT2D eigenvalue weighted by Crippen LogP contribution is 2.18. The summed E-state index contributed by atoms with van der Waals surface area (Å²) in [6, 6.07) is 7.90. The minimum atomic E-state index is -3.22. The van der Waals surface area contributed by atoms with Crippen molar-refractivity contribution >= 4 is 10.0 Å². The highest BCUT2D eigenvalue weighted by Gasteiger charge is 2.21. The van der Waals surface area contributed by atoms with Crippen LogP contribution >= 0.6 is 0 Å². The average molecular weight is 284 g/mol. The molecule has 0 amide bonds. The van der Waals surface area contributed by atoms with Gasteiger partial charge in [0.05, 0.1) is 12.9 Å². The summed E-state index contributed by atoms with van der Waals surface area (Å²) in [5, 5.41) is 3.19. The van der Waals surface area contributed by atoms with E-state index in [1.54, 1.807) is 7.11 Å². The molecule has 0 aliphatic heterocycles. The Hall–Kier alpha value is -1.11. The van der Waals surface area contributed by atoms with Crippen LogP contribution in [-0.4, -0.2) is 33.9 Å². The summed E-state index contributed by atoms with van der Waals surface area (Å²) >= 11 is 0. The molecular weight excluding hydrogens is 264 g/mol. The van der Waals surface area contributed by atoms with Crippen molar-refractivity contribution in [2.75, 3.05) is 19.4 Å². The van der Waals surface area contributed by atoms with E-state index in [1.165, 1.54) is 0 Å². The number of benzene rings is 1. The van der Waals surface area contributed by atoms with Crippen molar-refractivity contribution in [3.63, 3.8) is 0 Å². The van der Waals surface area contributed by atoms with Crippen molar-refractivity contribution < 1.29 is 13.2 Å². The summed E-state index contributed by atoms with van der Waals surface area (Å²) in [6.07, 6.45) is 2.33. The van der Waals surface area contributed by atoms with Gasteiger partial charge in [-0.15, -0.1) is 0 Å². The zero-order valence-corrected chi connectivity index (χ0v) is 11.9. The SMILES string of the molecule is COc1cccc(CNS(=O)(=O)CCNC2CC2)c1. The minimum Gasteiger partial charge on any atom is -0.497 e. The predicted octanol–water partition coefficient (Wildman–Crippen LogP) is 0.867. The van der Waals surface area contributed by atoms with Crippen molar-refractivity contribution in [1.82, 2.24) is 10.0 Å². The van der Waals surface area contributed by atoms with E-state index in [2.05, 4.69) is 10.0 Å². The van der Waals surface area contributed by atoms with Gasteiger partial charge >= 0.3 is 0 Å². The van der Waals surface area contributed by atoms with Crippen LogP contribution in [0.4, 0.5) is 0 Å². The molecule has 2 N–H and O–H groups in total. The molecule has 0 radical (unpaired) electrons. The minimum absolute atomic E-state index is 0.119. The lowest BCUT2D eigenvalue weighted by Crippen LogP contribution is -2.32. The summed E-state index contributed by atoms with van der Waals surface area (Å²) in [7, 11) is -1.63. The maximum atomic E-state index is 11.8. The number of sulfonamides is 1. The van der Waals surface area contributed by atoms with E-state index >= 15 is 0 Å². The molecule has 0 unspecified atom stereocenters. The van der Waals surface area contributed by atoms with Crippen molar-refractivity contribution in [3.8, 4) is 5.75 Å². The van der Waals surface area contributed by atoms with Crippen molar-refractivity contribution in [2.24, 2.45) is 0 Å². The largest absolute Gasteiger partial charge is 0.497 e. The second kappa shape index (κ2) is 6.36. The van der Waals surface area contributed by atoms with Crippen LogP contribution in [0.25, 0.3) is 0 Å².